The van der Waals surface area contributed by atoms with Gasteiger partial charge in [0.05, 0.1) is 17.2 Å². The van der Waals surface area contributed by atoms with Crippen LogP contribution in [-0.2, 0) is 11.0 Å². The number of nitriles is 1. The molecule has 2 N–H and O–H groups in total. The van der Waals surface area contributed by atoms with E-state index in [-0.39, 0.29) is 23.0 Å². The van der Waals surface area contributed by atoms with Crippen molar-refractivity contribution in [2.24, 2.45) is 5.41 Å². The minimum atomic E-state index is -4.68. The van der Waals surface area contributed by atoms with Crippen molar-refractivity contribution in [2.45, 2.75) is 38.4 Å². The molecule has 2 aromatic carbocycles. The van der Waals surface area contributed by atoms with Crippen LogP contribution in [0.5, 0.6) is 0 Å². The van der Waals surface area contributed by atoms with Gasteiger partial charge in [-0.2, -0.15) is 18.4 Å². The number of anilines is 2. The Hall–Kier alpha value is -3.74. The lowest BCUT2D eigenvalue weighted by atomic mass is 9.76. The fraction of sp³-hybridized carbons (Fsp3) is 0.423. The molecule has 2 aliphatic rings. The van der Waals surface area contributed by atoms with Crippen LogP contribution in [0.1, 0.15) is 36.0 Å². The van der Waals surface area contributed by atoms with E-state index in [0.717, 1.165) is 23.4 Å². The van der Waals surface area contributed by atoms with Crippen molar-refractivity contribution in [2.75, 3.05) is 36.9 Å². The maximum atomic E-state index is 13.6. The zero-order chi connectivity index (χ0) is 26.1. The van der Waals surface area contributed by atoms with Gasteiger partial charge in [0.1, 0.15) is 6.04 Å². The summed E-state index contributed by atoms with van der Waals surface area (Å²) in [5.74, 6) is -0.274. The molecule has 7 nitrogen and oxygen atoms in total. The van der Waals surface area contributed by atoms with Gasteiger partial charge in [0, 0.05) is 38.1 Å². The molecule has 2 fully saturated rings. The number of likely N-dealkylation sites (tertiary alicyclic amines) is 1. The highest BCUT2D eigenvalue weighted by Gasteiger charge is 2.49. The number of nitrogens with zero attached hydrogens (tertiary/aromatic N) is 3. The summed E-state index contributed by atoms with van der Waals surface area (Å²) < 4.78 is 40.7. The molecule has 0 bridgehead atoms. The number of piperidine rings is 1. The molecule has 2 aliphatic heterocycles. The van der Waals surface area contributed by atoms with Crippen molar-refractivity contribution in [1.29, 1.82) is 5.26 Å². The van der Waals surface area contributed by atoms with Crippen molar-refractivity contribution < 1.29 is 22.8 Å². The Morgan fingerprint density at radius 2 is 1.83 bits per heavy atom. The van der Waals surface area contributed by atoms with Crippen LogP contribution in [0, 0.1) is 23.7 Å². The van der Waals surface area contributed by atoms with Crippen LogP contribution in [0.15, 0.2) is 42.5 Å². The first-order chi connectivity index (χ1) is 17.1. The van der Waals surface area contributed by atoms with Gasteiger partial charge < -0.3 is 20.4 Å². The smallest absolute Gasteiger partial charge is 0.359 e. The van der Waals surface area contributed by atoms with Crippen molar-refractivity contribution in [3.05, 3.63) is 59.2 Å². The van der Waals surface area contributed by atoms with Gasteiger partial charge in [0.2, 0.25) is 5.91 Å². The van der Waals surface area contributed by atoms with E-state index in [1.54, 1.807) is 15.9 Å². The number of amides is 3. The highest BCUT2D eigenvalue weighted by Crippen LogP contribution is 2.46. The molecule has 190 valence electrons. The summed E-state index contributed by atoms with van der Waals surface area (Å²) in [6.07, 6.45) is -2.96. The monoisotopic (exact) mass is 499 g/mol. The van der Waals surface area contributed by atoms with Crippen LogP contribution in [-0.4, -0.2) is 49.6 Å². The Kier molecular flexibility index (Phi) is 6.85. The first-order valence-corrected chi connectivity index (χ1v) is 11.8. The minimum Gasteiger partial charge on any atom is -0.359 e. The third-order valence-electron chi connectivity index (χ3n) is 7.32. The average molecular weight is 500 g/mol. The number of urea groups is 1. The fourth-order valence-corrected chi connectivity index (χ4v) is 5.23. The highest BCUT2D eigenvalue weighted by molar-refractivity contribution is 5.90. The van der Waals surface area contributed by atoms with E-state index in [9.17, 15) is 22.8 Å². The molecular weight excluding hydrogens is 471 g/mol. The fourth-order valence-electron chi connectivity index (χ4n) is 5.23. The zero-order valence-electron chi connectivity index (χ0n) is 20.2. The van der Waals surface area contributed by atoms with Crippen LogP contribution >= 0.6 is 0 Å². The van der Waals surface area contributed by atoms with Gasteiger partial charge in [-0.15, -0.1) is 0 Å². The Labute approximate surface area is 207 Å². The van der Waals surface area contributed by atoms with E-state index >= 15 is 0 Å². The summed E-state index contributed by atoms with van der Waals surface area (Å²) in [6.45, 7) is 3.27. The van der Waals surface area contributed by atoms with E-state index in [0.29, 0.717) is 38.9 Å². The normalized spacial score (nSPS) is 19.2. The number of aryl methyl sites for hydroxylation is 1. The van der Waals surface area contributed by atoms with Crippen LogP contribution in [0.3, 0.4) is 0 Å². The van der Waals surface area contributed by atoms with Gasteiger partial charge in [-0.05, 0) is 61.4 Å². The Balaban J connectivity index is 1.52. The SMILES string of the molecule is CNC(=O)C1CC2(CCN(C(=O)Nc3ccccc3C)CC2)CN1c1ccc(C#N)c(C(F)(F)F)c1. The minimum absolute atomic E-state index is 0.196. The van der Waals surface area contributed by atoms with E-state index in [1.807, 2.05) is 31.2 Å². The van der Waals surface area contributed by atoms with E-state index in [1.165, 1.54) is 13.1 Å². The van der Waals surface area contributed by atoms with Crippen LogP contribution < -0.4 is 15.5 Å². The summed E-state index contributed by atoms with van der Waals surface area (Å²) >= 11 is 0. The number of benzene rings is 2. The summed E-state index contributed by atoms with van der Waals surface area (Å²) in [6, 6.07) is 11.8. The molecule has 4 rings (SSSR count). The topological polar surface area (TPSA) is 88.5 Å². The van der Waals surface area contributed by atoms with Crippen LogP contribution in [0.2, 0.25) is 0 Å². The molecular formula is C26H28F3N5O2. The molecule has 0 aromatic heterocycles. The van der Waals surface area contributed by atoms with E-state index in [4.69, 9.17) is 5.26 Å². The van der Waals surface area contributed by atoms with Crippen molar-refractivity contribution in [3.63, 3.8) is 0 Å². The maximum absolute atomic E-state index is 13.6. The Morgan fingerprint density at radius 3 is 2.44 bits per heavy atom. The number of halogens is 3. The lowest BCUT2D eigenvalue weighted by Gasteiger charge is -2.39. The second-order valence-corrected chi connectivity index (χ2v) is 9.53. The molecule has 0 aliphatic carbocycles. The van der Waals surface area contributed by atoms with Crippen LogP contribution in [0.25, 0.3) is 0 Å². The number of carbonyl (C=O) groups is 2. The molecule has 2 saturated heterocycles. The lowest BCUT2D eigenvalue weighted by molar-refractivity contribution is -0.137. The van der Waals surface area contributed by atoms with Gasteiger partial charge in [-0.1, -0.05) is 18.2 Å². The Bertz CT molecular complexity index is 1200. The second-order valence-electron chi connectivity index (χ2n) is 9.53. The number of para-hydroxylation sites is 1. The average Bonchev–Trinajstić information content (AvgIpc) is 3.23. The maximum Gasteiger partial charge on any atom is 0.417 e. The summed E-state index contributed by atoms with van der Waals surface area (Å²) in [4.78, 5) is 29.0. The number of hydrogen-bond donors (Lipinski definition) is 2. The number of nitrogens with one attached hydrogen (secondary N) is 2. The van der Waals surface area contributed by atoms with Crippen molar-refractivity contribution in [1.82, 2.24) is 10.2 Å². The largest absolute Gasteiger partial charge is 0.417 e. The van der Waals surface area contributed by atoms with Gasteiger partial charge in [-0.25, -0.2) is 4.79 Å². The molecule has 1 spiro atoms. The molecule has 1 atom stereocenters. The molecule has 0 saturated carbocycles. The van der Waals surface area contributed by atoms with Gasteiger partial charge in [0.25, 0.3) is 0 Å². The van der Waals surface area contributed by atoms with Gasteiger partial charge in [-0.3, -0.25) is 4.79 Å². The Morgan fingerprint density at radius 1 is 1.14 bits per heavy atom. The van der Waals surface area contributed by atoms with E-state index < -0.39 is 23.3 Å². The third kappa shape index (κ3) is 4.96. The van der Waals surface area contributed by atoms with Gasteiger partial charge in [0.15, 0.2) is 0 Å². The van der Waals surface area contributed by atoms with E-state index in [2.05, 4.69) is 10.6 Å². The quantitative estimate of drug-likeness (QED) is 0.650. The highest BCUT2D eigenvalue weighted by atomic mass is 19.4. The van der Waals surface area contributed by atoms with Crippen molar-refractivity contribution >= 4 is 23.3 Å². The standard InChI is InChI=1S/C26H28F3N5O2/c1-17-5-3-4-6-21(17)32-24(36)33-11-9-25(10-12-33)14-22(23(35)31-2)34(16-25)19-8-7-18(15-30)20(13-19)26(27,28)29/h3-8,13,22H,9-12,14,16H2,1-2H3,(H,31,35)(H,32,36). The summed E-state index contributed by atoms with van der Waals surface area (Å²) in [7, 11) is 1.50. The van der Waals surface area contributed by atoms with Gasteiger partial charge >= 0.3 is 12.2 Å². The van der Waals surface area contributed by atoms with Crippen molar-refractivity contribution in [3.8, 4) is 6.07 Å². The molecule has 36 heavy (non-hydrogen) atoms. The number of likely N-dealkylation sites (N-methyl/N-ethyl adjacent to an activating group) is 1. The molecule has 10 heteroatoms. The molecule has 1 unspecified atom stereocenters. The number of alkyl halides is 3. The predicted octanol–water partition coefficient (Wildman–Crippen LogP) is 4.52. The number of rotatable bonds is 3. The molecule has 2 aromatic rings. The third-order valence-corrected chi connectivity index (χ3v) is 7.32. The summed E-state index contributed by atoms with van der Waals surface area (Å²) in [5, 5.41) is 14.7. The molecule has 2 heterocycles. The zero-order valence-corrected chi connectivity index (χ0v) is 20.2. The molecule has 3 amide bonds. The second kappa shape index (κ2) is 9.72. The number of carbonyl (C=O) groups excluding carboxylic acids is 2. The van der Waals surface area contributed by atoms with Crippen LogP contribution in [0.4, 0.5) is 29.3 Å². The predicted molar refractivity (Wildman–Crippen MR) is 129 cm³/mol. The first-order valence-electron chi connectivity index (χ1n) is 11.8. The first kappa shape index (κ1) is 25.4. The molecule has 0 radical (unpaired) electrons. The lowest BCUT2D eigenvalue weighted by Crippen LogP contribution is -2.46. The number of hydrogen-bond acceptors (Lipinski definition) is 4. The summed E-state index contributed by atoms with van der Waals surface area (Å²) in [5.41, 5.74) is 0.177.